The first kappa shape index (κ1) is 21.7. The lowest BCUT2D eigenvalue weighted by molar-refractivity contribution is -0.129. The summed E-state index contributed by atoms with van der Waals surface area (Å²) >= 11 is 0. The third-order valence-corrected chi connectivity index (χ3v) is 5.60. The molecule has 1 atom stereocenters. The normalized spacial score (nSPS) is 19.3. The van der Waals surface area contributed by atoms with Crippen molar-refractivity contribution in [3.8, 4) is 5.75 Å². The summed E-state index contributed by atoms with van der Waals surface area (Å²) in [7, 11) is 5.47. The number of likely N-dealkylation sites (N-methyl/N-ethyl adjacent to an activating group) is 2. The molecule has 0 aromatic heterocycles. The number of ether oxygens (including phenoxy) is 1. The summed E-state index contributed by atoms with van der Waals surface area (Å²) < 4.78 is 5.53. The lowest BCUT2D eigenvalue weighted by Crippen LogP contribution is -2.45. The second kappa shape index (κ2) is 9.24. The van der Waals surface area contributed by atoms with Crippen molar-refractivity contribution in [3.05, 3.63) is 64.6 Å². The zero-order valence-corrected chi connectivity index (χ0v) is 17.9. The summed E-state index contributed by atoms with van der Waals surface area (Å²) in [6.45, 7) is 10.5. The molecule has 0 spiro atoms. The van der Waals surface area contributed by atoms with Gasteiger partial charge >= 0.3 is 0 Å². The van der Waals surface area contributed by atoms with E-state index in [4.69, 9.17) is 4.74 Å². The van der Waals surface area contributed by atoms with E-state index in [-0.39, 0.29) is 11.8 Å². The number of nitrogens with zero attached hydrogens (tertiary/aromatic N) is 2. The van der Waals surface area contributed by atoms with Gasteiger partial charge in [-0.3, -0.25) is 14.5 Å². The van der Waals surface area contributed by atoms with Crippen molar-refractivity contribution in [2.75, 3.05) is 47.4 Å². The highest BCUT2D eigenvalue weighted by molar-refractivity contribution is 6.10. The quantitative estimate of drug-likeness (QED) is 0.643. The average molecular weight is 408 g/mol. The molecule has 0 radical (unpaired) electrons. The highest BCUT2D eigenvalue weighted by Gasteiger charge is 2.35. The molecular weight excluding hydrogens is 378 g/mol. The first-order valence-electron chi connectivity index (χ1n) is 10.0. The molecule has 158 valence electrons. The minimum Gasteiger partial charge on any atom is -0.496 e. The molecule has 1 aromatic rings. The molecule has 0 fully saturated rings. The van der Waals surface area contributed by atoms with E-state index in [2.05, 4.69) is 23.4 Å². The first-order chi connectivity index (χ1) is 14.4. The number of hydrogen-bond acceptors (Lipinski definition) is 5. The van der Waals surface area contributed by atoms with Crippen LogP contribution in [0.25, 0.3) is 12.2 Å². The van der Waals surface area contributed by atoms with Gasteiger partial charge < -0.3 is 15.0 Å². The van der Waals surface area contributed by atoms with Gasteiger partial charge in [0.1, 0.15) is 5.75 Å². The summed E-state index contributed by atoms with van der Waals surface area (Å²) in [5.74, 6) is -0.502. The molecule has 6 nitrogen and oxygen atoms in total. The van der Waals surface area contributed by atoms with E-state index in [1.165, 1.54) is 4.90 Å². The molecule has 1 aromatic carbocycles. The summed E-state index contributed by atoms with van der Waals surface area (Å²) in [6, 6.07) is 3.51. The fraction of sp³-hybridized carbons (Fsp3) is 0.333. The van der Waals surface area contributed by atoms with Gasteiger partial charge in [0.15, 0.2) is 0 Å². The van der Waals surface area contributed by atoms with Gasteiger partial charge in [-0.05, 0) is 48.7 Å². The molecule has 2 bridgehead atoms. The Morgan fingerprint density at radius 2 is 2.03 bits per heavy atom. The van der Waals surface area contributed by atoms with Crippen LogP contribution in [0.4, 0.5) is 0 Å². The van der Waals surface area contributed by atoms with Crippen LogP contribution in [0.15, 0.2) is 48.6 Å². The number of rotatable bonds is 8. The van der Waals surface area contributed by atoms with Gasteiger partial charge in [-0.1, -0.05) is 31.4 Å². The summed E-state index contributed by atoms with van der Waals surface area (Å²) in [5.41, 5.74) is 1.95. The molecule has 30 heavy (non-hydrogen) atoms. The van der Waals surface area contributed by atoms with E-state index in [9.17, 15) is 9.59 Å². The largest absolute Gasteiger partial charge is 0.496 e. The maximum absolute atomic E-state index is 13.5. The van der Waals surface area contributed by atoms with Crippen molar-refractivity contribution in [2.45, 2.75) is 0 Å². The lowest BCUT2D eigenvalue weighted by atomic mass is 9.92. The van der Waals surface area contributed by atoms with Crippen LogP contribution in [0.1, 0.15) is 10.4 Å². The van der Waals surface area contributed by atoms with Crippen LogP contribution >= 0.6 is 0 Å². The molecule has 3 rings (SSSR count). The number of allylic oxidation sites excluding steroid dienone is 3. The number of carbonyl (C=O) groups excluding carboxylic acids is 2. The highest BCUT2D eigenvalue weighted by Crippen LogP contribution is 2.27. The van der Waals surface area contributed by atoms with Crippen LogP contribution < -0.4 is 20.5 Å². The minimum atomic E-state index is -0.617. The van der Waals surface area contributed by atoms with Gasteiger partial charge in [0.05, 0.1) is 13.0 Å². The molecule has 1 aliphatic carbocycles. The molecule has 2 aliphatic rings. The van der Waals surface area contributed by atoms with Gasteiger partial charge in [0, 0.05) is 37.0 Å². The molecule has 1 N–H and O–H groups in total. The molecule has 1 unspecified atom stereocenters. The van der Waals surface area contributed by atoms with Crippen molar-refractivity contribution in [2.24, 2.45) is 5.92 Å². The summed E-state index contributed by atoms with van der Waals surface area (Å²) in [4.78, 5) is 30.3. The van der Waals surface area contributed by atoms with E-state index >= 15 is 0 Å². The van der Waals surface area contributed by atoms with Crippen LogP contribution in [0, 0.1) is 5.92 Å². The number of benzene rings is 1. The van der Waals surface area contributed by atoms with Crippen molar-refractivity contribution in [1.29, 1.82) is 0 Å². The molecule has 2 amide bonds. The Morgan fingerprint density at radius 1 is 1.27 bits per heavy atom. The highest BCUT2D eigenvalue weighted by atomic mass is 16.5. The Morgan fingerprint density at radius 3 is 2.70 bits per heavy atom. The van der Waals surface area contributed by atoms with Crippen molar-refractivity contribution in [1.82, 2.24) is 15.1 Å². The standard InChI is InChI=1S/C24H29N3O3/c1-6-7-17-14-21-20-15-19(16(17)2)24(29)27(13-12-26(4)11-10-25-3)23(28)18(20)8-9-22(21)30-5/h6-9,14-15,19,25H,1-2,10-13H2,3-5H3/b17-7-. The summed E-state index contributed by atoms with van der Waals surface area (Å²) in [6.07, 6.45) is 7.27. The predicted octanol–water partition coefficient (Wildman–Crippen LogP) is 0.688. The fourth-order valence-corrected chi connectivity index (χ4v) is 3.82. The maximum Gasteiger partial charge on any atom is 0.261 e. The number of imide groups is 1. The van der Waals surface area contributed by atoms with Crippen LogP contribution in [-0.2, 0) is 4.79 Å². The topological polar surface area (TPSA) is 61.9 Å². The Kier molecular flexibility index (Phi) is 6.70. The molecule has 6 heteroatoms. The Labute approximate surface area is 177 Å². The van der Waals surface area contributed by atoms with Gasteiger partial charge in [0.25, 0.3) is 5.91 Å². The van der Waals surface area contributed by atoms with Crippen LogP contribution in [-0.4, -0.2) is 69.0 Å². The number of carbonyl (C=O) groups is 2. The number of nitrogens with one attached hydrogen (secondary N) is 1. The number of methoxy groups -OCH3 is 1. The third-order valence-electron chi connectivity index (χ3n) is 5.60. The smallest absolute Gasteiger partial charge is 0.261 e. The summed E-state index contributed by atoms with van der Waals surface area (Å²) in [5, 5.41) is 4.60. The number of hydrogen-bond donors (Lipinski definition) is 1. The van der Waals surface area contributed by atoms with Crippen molar-refractivity contribution < 1.29 is 14.3 Å². The van der Waals surface area contributed by atoms with Crippen molar-refractivity contribution >= 4 is 24.0 Å². The zero-order valence-electron chi connectivity index (χ0n) is 17.9. The molecule has 0 saturated heterocycles. The second-order valence-electron chi connectivity index (χ2n) is 7.52. The van der Waals surface area contributed by atoms with Crippen LogP contribution in [0.2, 0.25) is 0 Å². The van der Waals surface area contributed by atoms with Crippen molar-refractivity contribution in [3.63, 3.8) is 0 Å². The van der Waals surface area contributed by atoms with E-state index in [0.29, 0.717) is 30.0 Å². The molecule has 1 aliphatic heterocycles. The Hall–Kier alpha value is -2.96. The van der Waals surface area contributed by atoms with E-state index < -0.39 is 5.92 Å². The van der Waals surface area contributed by atoms with Gasteiger partial charge in [-0.15, -0.1) is 0 Å². The molecule has 0 saturated carbocycles. The van der Waals surface area contributed by atoms with Crippen LogP contribution in [0.5, 0.6) is 5.75 Å². The average Bonchev–Trinajstić information content (AvgIpc) is 2.94. The van der Waals surface area contributed by atoms with E-state index in [0.717, 1.165) is 29.1 Å². The second-order valence-corrected chi connectivity index (χ2v) is 7.52. The predicted molar refractivity (Wildman–Crippen MR) is 120 cm³/mol. The molecule has 1 heterocycles. The third kappa shape index (κ3) is 4.01. The molecular formula is C24H29N3O3. The Bertz CT molecular complexity index is 1040. The fourth-order valence-electron chi connectivity index (χ4n) is 3.82. The monoisotopic (exact) mass is 407 g/mol. The Balaban J connectivity index is 2.11. The SMILES string of the molecule is C=C/C=C1/C=c2c(OC)ccc3c2=CC(C1=C)C(=O)N(CCN(C)CCNC)C3=O. The minimum absolute atomic E-state index is 0.251. The zero-order chi connectivity index (χ0) is 21.8. The first-order valence-corrected chi connectivity index (χ1v) is 10.0. The van der Waals surface area contributed by atoms with Gasteiger partial charge in [0.2, 0.25) is 5.91 Å². The van der Waals surface area contributed by atoms with E-state index in [1.54, 1.807) is 25.3 Å². The van der Waals surface area contributed by atoms with Gasteiger partial charge in [-0.2, -0.15) is 0 Å². The van der Waals surface area contributed by atoms with E-state index in [1.807, 2.05) is 32.3 Å². The lowest BCUT2D eigenvalue weighted by Gasteiger charge is -2.27. The van der Waals surface area contributed by atoms with Gasteiger partial charge in [-0.25, -0.2) is 0 Å². The number of amides is 2. The maximum atomic E-state index is 13.5. The number of fused-ring (bicyclic) bond motifs is 1. The van der Waals surface area contributed by atoms with Crippen LogP contribution in [0.3, 0.4) is 0 Å².